The van der Waals surface area contributed by atoms with Gasteiger partial charge in [-0.3, -0.25) is 0 Å². The number of benzene rings is 1. The predicted octanol–water partition coefficient (Wildman–Crippen LogP) is 3.56. The maximum absolute atomic E-state index is 12.9. The molecule has 1 aromatic heterocycles. The topological polar surface area (TPSA) is 26.0 Å². The summed E-state index contributed by atoms with van der Waals surface area (Å²) in [6.07, 6.45) is 0. The van der Waals surface area contributed by atoms with Crippen LogP contribution in [-0.2, 0) is 5.75 Å². The monoisotopic (exact) mass is 243 g/mol. The summed E-state index contributed by atoms with van der Waals surface area (Å²) >= 11 is 9.72. The molecule has 0 aliphatic rings. The second-order valence-corrected chi connectivity index (χ2v) is 3.69. The highest BCUT2D eigenvalue weighted by Crippen LogP contribution is 2.25. The maximum Gasteiger partial charge on any atom is 0.167 e. The molecule has 5 heteroatoms. The third-order valence-electron chi connectivity index (χ3n) is 1.93. The highest BCUT2D eigenvalue weighted by atomic mass is 35.5. The molecule has 0 saturated heterocycles. The molecule has 2 nitrogen and oxygen atoms in total. The van der Waals surface area contributed by atoms with Gasteiger partial charge >= 0.3 is 0 Å². The van der Waals surface area contributed by atoms with Crippen molar-refractivity contribution in [3.63, 3.8) is 0 Å². The molecule has 0 radical (unpaired) electrons. The number of halogens is 2. The van der Waals surface area contributed by atoms with Gasteiger partial charge in [0.2, 0.25) is 0 Å². The van der Waals surface area contributed by atoms with E-state index < -0.39 is 5.82 Å². The lowest BCUT2D eigenvalue weighted by Crippen LogP contribution is -1.78. The van der Waals surface area contributed by atoms with Crippen LogP contribution in [0.5, 0.6) is 0 Å². The van der Waals surface area contributed by atoms with Gasteiger partial charge in [0.25, 0.3) is 0 Å². The number of thiol groups is 1. The minimum Gasteiger partial charge on any atom is -0.356 e. The highest BCUT2D eigenvalue weighted by Gasteiger charge is 2.08. The lowest BCUT2D eigenvalue weighted by atomic mass is 10.1. The van der Waals surface area contributed by atoms with E-state index in [0.29, 0.717) is 17.1 Å². The Hall–Kier alpha value is -1.00. The van der Waals surface area contributed by atoms with E-state index in [4.69, 9.17) is 16.1 Å². The molecule has 0 amide bonds. The smallest absolute Gasteiger partial charge is 0.167 e. The fraction of sp³-hybridized carbons (Fsp3) is 0.100. The summed E-state index contributed by atoms with van der Waals surface area (Å²) in [5, 5.41) is 3.84. The summed E-state index contributed by atoms with van der Waals surface area (Å²) in [5.41, 5.74) is 1.43. The summed E-state index contributed by atoms with van der Waals surface area (Å²) < 4.78 is 18.0. The maximum atomic E-state index is 12.9. The van der Waals surface area contributed by atoms with Crippen LogP contribution in [0.4, 0.5) is 4.39 Å². The van der Waals surface area contributed by atoms with Crippen LogP contribution in [0.1, 0.15) is 5.69 Å². The summed E-state index contributed by atoms with van der Waals surface area (Å²) in [5.74, 6) is 0.605. The Balaban J connectivity index is 2.40. The quantitative estimate of drug-likeness (QED) is 0.817. The molecule has 2 rings (SSSR count). The van der Waals surface area contributed by atoms with Gasteiger partial charge in [0.1, 0.15) is 5.82 Å². The van der Waals surface area contributed by atoms with E-state index in [2.05, 4.69) is 17.8 Å². The van der Waals surface area contributed by atoms with Crippen molar-refractivity contribution in [3.8, 4) is 11.3 Å². The lowest BCUT2D eigenvalue weighted by molar-refractivity contribution is 0.426. The van der Waals surface area contributed by atoms with Gasteiger partial charge < -0.3 is 4.52 Å². The third-order valence-corrected chi connectivity index (χ3v) is 2.54. The molecule has 1 heterocycles. The Bertz CT molecular complexity index is 486. The first-order chi connectivity index (χ1) is 7.20. The van der Waals surface area contributed by atoms with Crippen molar-refractivity contribution in [3.05, 3.63) is 40.8 Å². The number of hydrogen-bond acceptors (Lipinski definition) is 3. The molecule has 1 aromatic carbocycles. The van der Waals surface area contributed by atoms with Crippen molar-refractivity contribution in [1.82, 2.24) is 5.16 Å². The van der Waals surface area contributed by atoms with E-state index in [1.807, 2.05) is 0 Å². The van der Waals surface area contributed by atoms with E-state index in [1.54, 1.807) is 12.1 Å². The Morgan fingerprint density at radius 3 is 2.80 bits per heavy atom. The van der Waals surface area contributed by atoms with E-state index >= 15 is 0 Å². The van der Waals surface area contributed by atoms with Crippen molar-refractivity contribution in [1.29, 1.82) is 0 Å². The summed E-state index contributed by atoms with van der Waals surface area (Å²) in [6, 6.07) is 6.13. The van der Waals surface area contributed by atoms with Gasteiger partial charge in [0.15, 0.2) is 5.76 Å². The molecule has 2 aromatic rings. The zero-order chi connectivity index (χ0) is 10.8. The second kappa shape index (κ2) is 4.24. The van der Waals surface area contributed by atoms with Crippen molar-refractivity contribution < 1.29 is 8.91 Å². The van der Waals surface area contributed by atoms with Crippen LogP contribution in [0.2, 0.25) is 5.02 Å². The first-order valence-corrected chi connectivity index (χ1v) is 5.23. The Morgan fingerprint density at radius 2 is 2.20 bits per heavy atom. The summed E-state index contributed by atoms with van der Waals surface area (Å²) in [7, 11) is 0. The molecule has 0 saturated carbocycles. The predicted molar refractivity (Wildman–Crippen MR) is 59.6 cm³/mol. The molecule has 0 bridgehead atoms. The van der Waals surface area contributed by atoms with Crippen LogP contribution < -0.4 is 0 Å². The molecule has 0 N–H and O–H groups in total. The van der Waals surface area contributed by atoms with Gasteiger partial charge in [-0.1, -0.05) is 16.8 Å². The number of aromatic nitrogens is 1. The van der Waals surface area contributed by atoms with Crippen LogP contribution in [0.25, 0.3) is 11.3 Å². The molecule has 0 unspecified atom stereocenters. The zero-order valence-corrected chi connectivity index (χ0v) is 9.23. The molecule has 0 aliphatic carbocycles. The summed E-state index contributed by atoms with van der Waals surface area (Å²) in [4.78, 5) is 0. The number of hydrogen-bond donors (Lipinski definition) is 1. The Morgan fingerprint density at radius 1 is 1.40 bits per heavy atom. The minimum atomic E-state index is -0.450. The first kappa shape index (κ1) is 10.5. The fourth-order valence-electron chi connectivity index (χ4n) is 1.17. The van der Waals surface area contributed by atoms with Gasteiger partial charge in [-0.25, -0.2) is 4.39 Å². The molecule has 15 heavy (non-hydrogen) atoms. The van der Waals surface area contributed by atoms with E-state index in [-0.39, 0.29) is 5.02 Å². The van der Waals surface area contributed by atoms with Gasteiger partial charge in [-0.2, -0.15) is 12.6 Å². The number of rotatable bonds is 2. The van der Waals surface area contributed by atoms with Crippen molar-refractivity contribution >= 4 is 24.2 Å². The lowest BCUT2D eigenvalue weighted by Gasteiger charge is -1.97. The first-order valence-electron chi connectivity index (χ1n) is 4.22. The summed E-state index contributed by atoms with van der Waals surface area (Å²) in [6.45, 7) is 0. The van der Waals surface area contributed by atoms with E-state index in [9.17, 15) is 4.39 Å². The Labute approximate surface area is 96.4 Å². The molecular formula is C10H7ClFNOS. The molecule has 0 atom stereocenters. The largest absolute Gasteiger partial charge is 0.356 e. The molecule has 78 valence electrons. The van der Waals surface area contributed by atoms with Crippen LogP contribution >= 0.6 is 24.2 Å². The van der Waals surface area contributed by atoms with Crippen molar-refractivity contribution in [2.45, 2.75) is 5.75 Å². The average Bonchev–Trinajstić information content (AvgIpc) is 2.70. The van der Waals surface area contributed by atoms with Crippen molar-refractivity contribution in [2.75, 3.05) is 0 Å². The van der Waals surface area contributed by atoms with Crippen LogP contribution in [-0.4, -0.2) is 5.16 Å². The van der Waals surface area contributed by atoms with Crippen molar-refractivity contribution in [2.24, 2.45) is 0 Å². The normalized spacial score (nSPS) is 10.6. The molecular weight excluding hydrogens is 237 g/mol. The number of nitrogens with zero attached hydrogens (tertiary/aromatic N) is 1. The fourth-order valence-corrected chi connectivity index (χ4v) is 1.50. The molecule has 0 aliphatic heterocycles. The second-order valence-electron chi connectivity index (χ2n) is 2.97. The third kappa shape index (κ3) is 2.16. The van der Waals surface area contributed by atoms with E-state index in [0.717, 1.165) is 5.69 Å². The van der Waals surface area contributed by atoms with E-state index in [1.165, 1.54) is 12.1 Å². The van der Waals surface area contributed by atoms with Crippen LogP contribution in [0, 0.1) is 5.82 Å². The average molecular weight is 244 g/mol. The zero-order valence-electron chi connectivity index (χ0n) is 7.58. The minimum absolute atomic E-state index is 0.0660. The highest BCUT2D eigenvalue weighted by molar-refractivity contribution is 7.79. The van der Waals surface area contributed by atoms with Gasteiger partial charge in [-0.05, 0) is 18.2 Å². The van der Waals surface area contributed by atoms with Gasteiger partial charge in [0, 0.05) is 17.4 Å². The Kier molecular flexibility index (Phi) is 2.98. The SMILES string of the molecule is Fc1ccc(-c2cc(CS)no2)cc1Cl. The molecule has 0 spiro atoms. The van der Waals surface area contributed by atoms with Gasteiger partial charge in [0.05, 0.1) is 10.7 Å². The van der Waals surface area contributed by atoms with Crippen LogP contribution in [0.3, 0.4) is 0 Å². The standard InChI is InChI=1S/C10H7ClFNOS/c11-8-3-6(1-2-9(8)12)10-4-7(5-15)13-14-10/h1-4,15H,5H2. The van der Waals surface area contributed by atoms with Crippen LogP contribution in [0.15, 0.2) is 28.8 Å². The molecule has 0 fully saturated rings. The van der Waals surface area contributed by atoms with Gasteiger partial charge in [-0.15, -0.1) is 0 Å².